The molecule has 0 saturated carbocycles. The largest absolute Gasteiger partial charge is 0.396 e. The average molecular weight is 273 g/mol. The first-order valence-corrected chi connectivity index (χ1v) is 7.38. The van der Waals surface area contributed by atoms with Crippen LogP contribution in [0.4, 0.5) is 5.69 Å². The molecule has 4 heteroatoms. The van der Waals surface area contributed by atoms with Crippen molar-refractivity contribution in [2.45, 2.75) is 26.3 Å². The van der Waals surface area contributed by atoms with Gasteiger partial charge in [-0.05, 0) is 43.0 Å². The molecule has 2 N–H and O–H groups in total. The van der Waals surface area contributed by atoms with Crippen molar-refractivity contribution in [3.63, 3.8) is 0 Å². The van der Waals surface area contributed by atoms with E-state index in [4.69, 9.17) is 0 Å². The Morgan fingerprint density at radius 3 is 2.75 bits per heavy atom. The maximum Gasteiger partial charge on any atom is 0.101 e. The molecule has 0 radical (unpaired) electrons. The van der Waals surface area contributed by atoms with Crippen LogP contribution in [0.15, 0.2) is 18.2 Å². The van der Waals surface area contributed by atoms with Gasteiger partial charge in [0.15, 0.2) is 0 Å². The van der Waals surface area contributed by atoms with Crippen LogP contribution >= 0.6 is 0 Å². The molecule has 0 atom stereocenters. The highest BCUT2D eigenvalue weighted by atomic mass is 16.3. The lowest BCUT2D eigenvalue weighted by atomic mass is 9.96. The van der Waals surface area contributed by atoms with Gasteiger partial charge in [-0.2, -0.15) is 5.26 Å². The lowest BCUT2D eigenvalue weighted by Gasteiger charge is -2.33. The Balaban J connectivity index is 2.10. The molecule has 0 aromatic heterocycles. The molecule has 108 valence electrons. The number of nitrogens with one attached hydrogen (secondary N) is 1. The second-order valence-electron chi connectivity index (χ2n) is 5.36. The van der Waals surface area contributed by atoms with Gasteiger partial charge < -0.3 is 15.3 Å². The maximum atomic E-state index is 9.36. The molecule has 4 nitrogen and oxygen atoms in total. The minimum absolute atomic E-state index is 0.278. The Labute approximate surface area is 121 Å². The topological polar surface area (TPSA) is 59.3 Å². The molecule has 0 bridgehead atoms. The van der Waals surface area contributed by atoms with E-state index in [1.165, 1.54) is 0 Å². The molecular weight excluding hydrogens is 250 g/mol. The zero-order valence-electron chi connectivity index (χ0n) is 12.1. The number of piperidine rings is 1. The van der Waals surface area contributed by atoms with Crippen LogP contribution in [0, 0.1) is 17.2 Å². The lowest BCUT2D eigenvalue weighted by Crippen LogP contribution is -2.35. The van der Waals surface area contributed by atoms with E-state index in [2.05, 4.69) is 35.3 Å². The van der Waals surface area contributed by atoms with Gasteiger partial charge in [0.05, 0.1) is 11.3 Å². The summed E-state index contributed by atoms with van der Waals surface area (Å²) in [6.45, 7) is 5.93. The maximum absolute atomic E-state index is 9.36. The third-order valence-electron chi connectivity index (χ3n) is 3.97. The fourth-order valence-electron chi connectivity index (χ4n) is 2.68. The van der Waals surface area contributed by atoms with Crippen LogP contribution in [0.25, 0.3) is 0 Å². The van der Waals surface area contributed by atoms with Crippen LogP contribution in [0.5, 0.6) is 0 Å². The lowest BCUT2D eigenvalue weighted by molar-refractivity contribution is 0.203. The second kappa shape index (κ2) is 7.28. The molecule has 20 heavy (non-hydrogen) atoms. The minimum Gasteiger partial charge on any atom is -0.396 e. The molecule has 0 amide bonds. The molecule has 2 rings (SSSR count). The SMILES string of the molecule is CCNCc1ccc(N2CCC(CO)CC2)c(C#N)c1. The van der Waals surface area contributed by atoms with Gasteiger partial charge >= 0.3 is 0 Å². The summed E-state index contributed by atoms with van der Waals surface area (Å²) < 4.78 is 0. The van der Waals surface area contributed by atoms with Crippen molar-refractivity contribution < 1.29 is 5.11 Å². The molecule has 1 aromatic rings. The number of benzene rings is 1. The molecule has 1 fully saturated rings. The summed E-state index contributed by atoms with van der Waals surface area (Å²) in [6, 6.07) is 8.45. The third kappa shape index (κ3) is 3.50. The number of aliphatic hydroxyl groups excluding tert-OH is 1. The average Bonchev–Trinajstić information content (AvgIpc) is 2.52. The van der Waals surface area contributed by atoms with Crippen LogP contribution in [-0.4, -0.2) is 31.3 Å². The van der Waals surface area contributed by atoms with Crippen LogP contribution in [0.2, 0.25) is 0 Å². The number of anilines is 1. The van der Waals surface area contributed by atoms with E-state index in [9.17, 15) is 10.4 Å². The van der Waals surface area contributed by atoms with Crippen molar-refractivity contribution in [3.05, 3.63) is 29.3 Å². The van der Waals surface area contributed by atoms with Gasteiger partial charge in [0.25, 0.3) is 0 Å². The zero-order valence-corrected chi connectivity index (χ0v) is 12.1. The van der Waals surface area contributed by atoms with Crippen molar-refractivity contribution in [2.24, 2.45) is 5.92 Å². The first-order chi connectivity index (χ1) is 9.78. The van der Waals surface area contributed by atoms with Gasteiger partial charge in [-0.15, -0.1) is 0 Å². The van der Waals surface area contributed by atoms with Gasteiger partial charge in [0.2, 0.25) is 0 Å². The van der Waals surface area contributed by atoms with E-state index >= 15 is 0 Å². The van der Waals surface area contributed by atoms with Crippen LogP contribution in [-0.2, 0) is 6.54 Å². The zero-order chi connectivity index (χ0) is 14.4. The summed E-state index contributed by atoms with van der Waals surface area (Å²) in [5.41, 5.74) is 2.93. The molecule has 1 saturated heterocycles. The minimum atomic E-state index is 0.278. The van der Waals surface area contributed by atoms with Crippen LogP contribution in [0.3, 0.4) is 0 Å². The highest BCUT2D eigenvalue weighted by molar-refractivity contribution is 5.60. The van der Waals surface area contributed by atoms with Gasteiger partial charge in [0.1, 0.15) is 6.07 Å². The normalized spacial score (nSPS) is 16.1. The highest BCUT2D eigenvalue weighted by Crippen LogP contribution is 2.26. The summed E-state index contributed by atoms with van der Waals surface area (Å²) >= 11 is 0. The van der Waals surface area contributed by atoms with E-state index in [0.29, 0.717) is 5.92 Å². The third-order valence-corrected chi connectivity index (χ3v) is 3.97. The van der Waals surface area contributed by atoms with Gasteiger partial charge in [-0.1, -0.05) is 13.0 Å². The predicted molar refractivity (Wildman–Crippen MR) is 80.6 cm³/mol. The number of aliphatic hydroxyl groups is 1. The Kier molecular flexibility index (Phi) is 5.40. The number of hydrogen-bond donors (Lipinski definition) is 2. The van der Waals surface area contributed by atoms with Crippen molar-refractivity contribution in [1.29, 1.82) is 5.26 Å². The van der Waals surface area contributed by atoms with E-state index in [0.717, 1.165) is 55.8 Å². The monoisotopic (exact) mass is 273 g/mol. The Hall–Kier alpha value is -1.57. The standard InChI is InChI=1S/C16H23N3O/c1-2-18-11-14-3-4-16(15(9-14)10-17)19-7-5-13(12-20)6-8-19/h3-4,9,13,18,20H,2,5-8,11-12H2,1H3. The van der Waals surface area contributed by atoms with Crippen molar-refractivity contribution in [2.75, 3.05) is 31.1 Å². The number of rotatable bonds is 5. The Morgan fingerprint density at radius 2 is 2.15 bits per heavy atom. The summed E-state index contributed by atoms with van der Waals surface area (Å²) in [6.07, 6.45) is 2.00. The molecular formula is C16H23N3O. The van der Waals surface area contributed by atoms with Gasteiger partial charge in [0, 0.05) is 26.2 Å². The van der Waals surface area contributed by atoms with Crippen molar-refractivity contribution >= 4 is 5.69 Å². The van der Waals surface area contributed by atoms with E-state index in [-0.39, 0.29) is 6.61 Å². The summed E-state index contributed by atoms with van der Waals surface area (Å²) in [5.74, 6) is 0.421. The Bertz CT molecular complexity index is 473. The summed E-state index contributed by atoms with van der Waals surface area (Å²) in [7, 11) is 0. The molecule has 0 unspecified atom stereocenters. The fourth-order valence-corrected chi connectivity index (χ4v) is 2.68. The number of nitrogens with zero attached hydrogens (tertiary/aromatic N) is 2. The van der Waals surface area contributed by atoms with Crippen LogP contribution in [0.1, 0.15) is 30.9 Å². The second-order valence-corrected chi connectivity index (χ2v) is 5.36. The van der Waals surface area contributed by atoms with E-state index in [1.807, 2.05) is 6.07 Å². The molecule has 1 aliphatic heterocycles. The molecule has 1 aliphatic rings. The van der Waals surface area contributed by atoms with Crippen LogP contribution < -0.4 is 10.2 Å². The van der Waals surface area contributed by atoms with Gasteiger partial charge in [-0.25, -0.2) is 0 Å². The Morgan fingerprint density at radius 1 is 1.40 bits per heavy atom. The van der Waals surface area contributed by atoms with Crippen molar-refractivity contribution in [1.82, 2.24) is 5.32 Å². The summed E-state index contributed by atoms with van der Waals surface area (Å²) in [5, 5.41) is 21.8. The van der Waals surface area contributed by atoms with E-state index < -0.39 is 0 Å². The molecule has 1 heterocycles. The first kappa shape index (κ1) is 14.8. The number of nitriles is 1. The molecule has 1 aromatic carbocycles. The highest BCUT2D eigenvalue weighted by Gasteiger charge is 2.20. The summed E-state index contributed by atoms with van der Waals surface area (Å²) in [4.78, 5) is 2.27. The molecule has 0 spiro atoms. The quantitative estimate of drug-likeness (QED) is 0.860. The number of hydrogen-bond acceptors (Lipinski definition) is 4. The molecule has 0 aliphatic carbocycles. The van der Waals surface area contributed by atoms with E-state index in [1.54, 1.807) is 0 Å². The fraction of sp³-hybridized carbons (Fsp3) is 0.562. The predicted octanol–water partition coefficient (Wildman–Crippen LogP) is 1.88. The first-order valence-electron chi connectivity index (χ1n) is 7.38. The van der Waals surface area contributed by atoms with Gasteiger partial charge in [-0.3, -0.25) is 0 Å². The van der Waals surface area contributed by atoms with Crippen molar-refractivity contribution in [3.8, 4) is 6.07 Å². The smallest absolute Gasteiger partial charge is 0.101 e.